The first kappa shape index (κ1) is 17.6. The highest BCUT2D eigenvalue weighted by molar-refractivity contribution is 7.14. The van der Waals surface area contributed by atoms with Gasteiger partial charge in [0.15, 0.2) is 0 Å². The van der Waals surface area contributed by atoms with Gasteiger partial charge >= 0.3 is 5.97 Å². The number of halogens is 1. The summed E-state index contributed by atoms with van der Waals surface area (Å²) in [6.45, 7) is 0.889. The molecule has 3 rings (SSSR count). The standard InChI is InChI=1S/C18H18FNO4S/c1-24-10-13-6-7-16(25-13)17(21)20-8-14(15(9-20)18(22)23)11-2-4-12(19)5-3-11/h2-7,14-15H,8-10H2,1H3,(H,22,23)/t14-,15+/m0/s1. The van der Waals surface area contributed by atoms with Gasteiger partial charge < -0.3 is 14.7 Å². The number of thiophene rings is 1. The van der Waals surface area contributed by atoms with E-state index in [9.17, 15) is 19.1 Å². The maximum absolute atomic E-state index is 13.1. The second-order valence-corrected chi connectivity index (χ2v) is 7.18. The molecule has 1 aliphatic rings. The van der Waals surface area contributed by atoms with Crippen molar-refractivity contribution in [2.45, 2.75) is 12.5 Å². The molecule has 2 atom stereocenters. The summed E-state index contributed by atoms with van der Waals surface area (Å²) in [6.07, 6.45) is 0. The van der Waals surface area contributed by atoms with E-state index in [1.807, 2.05) is 6.07 Å². The van der Waals surface area contributed by atoms with Crippen molar-refractivity contribution in [1.82, 2.24) is 4.90 Å². The Balaban J connectivity index is 1.80. The number of benzene rings is 1. The maximum atomic E-state index is 13.1. The largest absolute Gasteiger partial charge is 0.481 e. The van der Waals surface area contributed by atoms with Gasteiger partial charge in [-0.05, 0) is 29.8 Å². The van der Waals surface area contributed by atoms with Crippen LogP contribution in [-0.2, 0) is 16.1 Å². The SMILES string of the molecule is COCc1ccc(C(=O)N2C[C@@H](C(=O)O)[C@H](c3ccc(F)cc3)C2)s1. The number of nitrogens with zero attached hydrogens (tertiary/aromatic N) is 1. The number of methoxy groups -OCH3 is 1. The van der Waals surface area contributed by atoms with Crippen LogP contribution in [0, 0.1) is 11.7 Å². The molecule has 0 bridgehead atoms. The van der Waals surface area contributed by atoms with Crippen LogP contribution in [0.1, 0.15) is 26.0 Å². The minimum absolute atomic E-state index is 0.147. The average Bonchev–Trinajstić information content (AvgIpc) is 3.22. The van der Waals surface area contributed by atoms with Crippen LogP contribution in [0.5, 0.6) is 0 Å². The summed E-state index contributed by atoms with van der Waals surface area (Å²) in [5, 5.41) is 9.52. The van der Waals surface area contributed by atoms with E-state index in [0.717, 1.165) is 10.4 Å². The van der Waals surface area contributed by atoms with Crippen molar-refractivity contribution in [2.24, 2.45) is 5.92 Å². The van der Waals surface area contributed by atoms with E-state index in [1.54, 1.807) is 30.2 Å². The molecule has 1 aromatic heterocycles. The molecule has 0 unspecified atom stereocenters. The quantitative estimate of drug-likeness (QED) is 0.887. The van der Waals surface area contributed by atoms with Crippen molar-refractivity contribution in [3.8, 4) is 0 Å². The van der Waals surface area contributed by atoms with Crippen LogP contribution in [0.3, 0.4) is 0 Å². The van der Waals surface area contributed by atoms with Gasteiger partial charge in [0.25, 0.3) is 5.91 Å². The lowest BCUT2D eigenvalue weighted by Gasteiger charge is -2.15. The van der Waals surface area contributed by atoms with Crippen molar-refractivity contribution < 1.29 is 23.8 Å². The number of carbonyl (C=O) groups excluding carboxylic acids is 1. The molecule has 1 aliphatic heterocycles. The van der Waals surface area contributed by atoms with Crippen molar-refractivity contribution in [3.05, 3.63) is 57.5 Å². The van der Waals surface area contributed by atoms with Gasteiger partial charge in [-0.1, -0.05) is 12.1 Å². The van der Waals surface area contributed by atoms with Crippen LogP contribution in [0.4, 0.5) is 4.39 Å². The van der Waals surface area contributed by atoms with Crippen molar-refractivity contribution in [3.63, 3.8) is 0 Å². The molecule has 132 valence electrons. The predicted molar refractivity (Wildman–Crippen MR) is 91.2 cm³/mol. The number of aliphatic carboxylic acids is 1. The van der Waals surface area contributed by atoms with Gasteiger partial charge in [-0.25, -0.2) is 4.39 Å². The molecule has 0 saturated carbocycles. The molecule has 25 heavy (non-hydrogen) atoms. The zero-order valence-corrected chi connectivity index (χ0v) is 14.5. The summed E-state index contributed by atoms with van der Waals surface area (Å²) >= 11 is 1.35. The third-order valence-electron chi connectivity index (χ3n) is 4.38. The molecule has 1 fully saturated rings. The van der Waals surface area contributed by atoms with Crippen LogP contribution in [0.2, 0.25) is 0 Å². The fraction of sp³-hybridized carbons (Fsp3) is 0.333. The summed E-state index contributed by atoms with van der Waals surface area (Å²) in [7, 11) is 1.59. The van der Waals surface area contributed by atoms with E-state index in [4.69, 9.17) is 4.74 Å². The number of amides is 1. The Labute approximate surface area is 148 Å². The van der Waals surface area contributed by atoms with Gasteiger partial charge in [0, 0.05) is 31.0 Å². The number of hydrogen-bond donors (Lipinski definition) is 1. The minimum Gasteiger partial charge on any atom is -0.481 e. The van der Waals surface area contributed by atoms with E-state index in [0.29, 0.717) is 18.0 Å². The lowest BCUT2D eigenvalue weighted by atomic mass is 9.89. The Morgan fingerprint density at radius 3 is 2.60 bits per heavy atom. The molecule has 0 radical (unpaired) electrons. The molecule has 1 N–H and O–H groups in total. The highest BCUT2D eigenvalue weighted by atomic mass is 32.1. The third kappa shape index (κ3) is 3.72. The van der Waals surface area contributed by atoms with E-state index in [1.165, 1.54) is 23.5 Å². The van der Waals surface area contributed by atoms with Gasteiger partial charge in [-0.15, -0.1) is 11.3 Å². The highest BCUT2D eigenvalue weighted by Gasteiger charge is 2.40. The van der Waals surface area contributed by atoms with Gasteiger partial charge in [0.1, 0.15) is 5.82 Å². The van der Waals surface area contributed by atoms with E-state index in [-0.39, 0.29) is 24.2 Å². The normalized spacial score (nSPS) is 20.0. The first-order valence-electron chi connectivity index (χ1n) is 7.84. The van der Waals surface area contributed by atoms with Gasteiger partial charge in [0.05, 0.1) is 17.4 Å². The van der Waals surface area contributed by atoms with Gasteiger partial charge in [-0.2, -0.15) is 0 Å². The van der Waals surface area contributed by atoms with Crippen LogP contribution in [0.25, 0.3) is 0 Å². The maximum Gasteiger partial charge on any atom is 0.308 e. The van der Waals surface area contributed by atoms with E-state index >= 15 is 0 Å². The third-order valence-corrected chi connectivity index (χ3v) is 5.43. The van der Waals surface area contributed by atoms with E-state index in [2.05, 4.69) is 0 Å². The second-order valence-electron chi connectivity index (χ2n) is 6.01. The first-order valence-corrected chi connectivity index (χ1v) is 8.66. The minimum atomic E-state index is -0.948. The summed E-state index contributed by atoms with van der Waals surface area (Å²) in [5.74, 6) is -2.54. The fourth-order valence-corrected chi connectivity index (χ4v) is 4.08. The number of rotatable bonds is 5. The van der Waals surface area contributed by atoms with Crippen LogP contribution in [-0.4, -0.2) is 42.1 Å². The monoisotopic (exact) mass is 363 g/mol. The first-order chi connectivity index (χ1) is 12.0. The second kappa shape index (κ2) is 7.33. The number of hydrogen-bond acceptors (Lipinski definition) is 4. The molecule has 1 amide bonds. The Hall–Kier alpha value is -2.25. The topological polar surface area (TPSA) is 66.8 Å². The molecular weight excluding hydrogens is 345 g/mol. The van der Waals surface area contributed by atoms with Gasteiger partial charge in [-0.3, -0.25) is 9.59 Å². The molecule has 1 aromatic carbocycles. The number of carboxylic acid groups (broad SMARTS) is 1. The van der Waals surface area contributed by atoms with Crippen LogP contribution < -0.4 is 0 Å². The Morgan fingerprint density at radius 2 is 1.96 bits per heavy atom. The molecule has 0 spiro atoms. The Bertz CT molecular complexity index is 774. The summed E-state index contributed by atoms with van der Waals surface area (Å²) in [4.78, 5) is 27.4. The molecular formula is C18H18FNO4S. The summed E-state index contributed by atoms with van der Waals surface area (Å²) < 4.78 is 18.2. The smallest absolute Gasteiger partial charge is 0.308 e. The van der Waals surface area contributed by atoms with Crippen molar-refractivity contribution >= 4 is 23.2 Å². The number of likely N-dealkylation sites (tertiary alicyclic amines) is 1. The number of carbonyl (C=O) groups is 2. The zero-order valence-electron chi connectivity index (χ0n) is 13.6. The molecule has 2 heterocycles. The Morgan fingerprint density at radius 1 is 1.24 bits per heavy atom. The van der Waals surface area contributed by atoms with Crippen molar-refractivity contribution in [1.29, 1.82) is 0 Å². The number of carboxylic acids is 1. The Kier molecular flexibility index (Phi) is 5.15. The summed E-state index contributed by atoms with van der Waals surface area (Å²) in [6, 6.07) is 9.38. The van der Waals surface area contributed by atoms with Crippen molar-refractivity contribution in [2.75, 3.05) is 20.2 Å². The molecule has 2 aromatic rings. The average molecular weight is 363 g/mol. The predicted octanol–water partition coefficient (Wildman–Crippen LogP) is 2.97. The lowest BCUT2D eigenvalue weighted by Crippen LogP contribution is -2.29. The van der Waals surface area contributed by atoms with Crippen LogP contribution >= 0.6 is 11.3 Å². The molecule has 1 saturated heterocycles. The molecule has 0 aliphatic carbocycles. The number of ether oxygens (including phenoxy) is 1. The highest BCUT2D eigenvalue weighted by Crippen LogP contribution is 2.34. The molecule has 5 nitrogen and oxygen atoms in total. The van der Waals surface area contributed by atoms with Gasteiger partial charge in [0.2, 0.25) is 0 Å². The van der Waals surface area contributed by atoms with E-state index < -0.39 is 11.9 Å². The molecule has 7 heteroatoms. The summed E-state index contributed by atoms with van der Waals surface area (Å²) in [5.41, 5.74) is 0.732. The lowest BCUT2D eigenvalue weighted by molar-refractivity contribution is -0.141. The van der Waals surface area contributed by atoms with Crippen LogP contribution in [0.15, 0.2) is 36.4 Å². The zero-order chi connectivity index (χ0) is 18.0. The fourth-order valence-electron chi connectivity index (χ4n) is 3.14.